The fourth-order valence-corrected chi connectivity index (χ4v) is 1.93. The van der Waals surface area contributed by atoms with Crippen LogP contribution in [-0.2, 0) is 0 Å². The van der Waals surface area contributed by atoms with Crippen molar-refractivity contribution >= 4 is 0 Å². The van der Waals surface area contributed by atoms with E-state index < -0.39 is 12.3 Å². The molecule has 2 nitrogen and oxygen atoms in total. The van der Waals surface area contributed by atoms with Crippen LogP contribution in [0.5, 0.6) is 0 Å². The van der Waals surface area contributed by atoms with Crippen molar-refractivity contribution in [3.05, 3.63) is 0 Å². The molecule has 1 rings (SSSR count). The second-order valence-corrected chi connectivity index (χ2v) is 4.18. The largest absolute Gasteiger partial charge is 0.414 e. The van der Waals surface area contributed by atoms with Gasteiger partial charge in [0.1, 0.15) is 6.10 Å². The lowest BCUT2D eigenvalue weighted by Gasteiger charge is -2.23. The number of hydrogen-bond acceptors (Lipinski definition) is 2. The molecule has 1 aliphatic heterocycles. The number of halogens is 3. The second-order valence-electron chi connectivity index (χ2n) is 4.18. The van der Waals surface area contributed by atoms with Crippen LogP contribution in [0.2, 0.25) is 0 Å². The highest BCUT2D eigenvalue weighted by atomic mass is 19.4. The highest BCUT2D eigenvalue weighted by Gasteiger charge is 2.37. The van der Waals surface area contributed by atoms with Gasteiger partial charge in [0.15, 0.2) is 0 Å². The van der Waals surface area contributed by atoms with Crippen LogP contribution in [0.4, 0.5) is 13.2 Å². The predicted octanol–water partition coefficient (Wildman–Crippen LogP) is 2.08. The van der Waals surface area contributed by atoms with E-state index in [4.69, 9.17) is 5.11 Å². The SMILES string of the molecule is OC(CCCC1CCNCC1)C(F)(F)F. The highest BCUT2D eigenvalue weighted by Crippen LogP contribution is 2.25. The highest BCUT2D eigenvalue weighted by molar-refractivity contribution is 4.70. The summed E-state index contributed by atoms with van der Waals surface area (Å²) < 4.78 is 35.9. The van der Waals surface area contributed by atoms with Crippen molar-refractivity contribution in [3.8, 4) is 0 Å². The molecule has 1 saturated heterocycles. The van der Waals surface area contributed by atoms with Gasteiger partial charge in [-0.1, -0.05) is 12.8 Å². The molecule has 0 aromatic rings. The molecule has 90 valence electrons. The van der Waals surface area contributed by atoms with Crippen LogP contribution in [-0.4, -0.2) is 30.5 Å². The second kappa shape index (κ2) is 5.70. The first kappa shape index (κ1) is 12.8. The van der Waals surface area contributed by atoms with Crippen molar-refractivity contribution in [2.45, 2.75) is 44.4 Å². The van der Waals surface area contributed by atoms with Crippen LogP contribution in [0, 0.1) is 5.92 Å². The average molecular weight is 225 g/mol. The molecule has 1 unspecified atom stereocenters. The first-order valence-corrected chi connectivity index (χ1v) is 5.45. The van der Waals surface area contributed by atoms with E-state index in [0.717, 1.165) is 32.4 Å². The molecule has 0 aliphatic carbocycles. The summed E-state index contributed by atoms with van der Waals surface area (Å²) in [5.74, 6) is 0.534. The molecule has 0 spiro atoms. The van der Waals surface area contributed by atoms with Gasteiger partial charge >= 0.3 is 6.18 Å². The number of piperidine rings is 1. The van der Waals surface area contributed by atoms with E-state index in [9.17, 15) is 13.2 Å². The summed E-state index contributed by atoms with van der Waals surface area (Å²) in [7, 11) is 0. The summed E-state index contributed by atoms with van der Waals surface area (Å²) in [6, 6.07) is 0. The number of aliphatic hydroxyl groups excluding tert-OH is 1. The van der Waals surface area contributed by atoms with E-state index in [0.29, 0.717) is 12.3 Å². The molecule has 0 amide bonds. The molecule has 1 heterocycles. The molecular weight excluding hydrogens is 207 g/mol. The summed E-state index contributed by atoms with van der Waals surface area (Å²) in [6.45, 7) is 1.93. The van der Waals surface area contributed by atoms with Gasteiger partial charge in [0, 0.05) is 0 Å². The maximum Gasteiger partial charge on any atom is 0.414 e. The third kappa shape index (κ3) is 4.84. The first-order chi connectivity index (χ1) is 7.00. The molecule has 1 atom stereocenters. The summed E-state index contributed by atoms with van der Waals surface area (Å²) >= 11 is 0. The first-order valence-electron chi connectivity index (χ1n) is 5.45. The number of aliphatic hydroxyl groups is 1. The Labute approximate surface area is 87.9 Å². The maximum atomic E-state index is 12.0. The van der Waals surface area contributed by atoms with Gasteiger partial charge in [0.25, 0.3) is 0 Å². The quantitative estimate of drug-likeness (QED) is 0.767. The Balaban J connectivity index is 2.10. The Kier molecular flexibility index (Phi) is 4.86. The third-order valence-electron chi connectivity index (χ3n) is 2.93. The molecule has 1 aliphatic rings. The molecule has 0 bridgehead atoms. The van der Waals surface area contributed by atoms with E-state index in [2.05, 4.69) is 5.32 Å². The minimum atomic E-state index is -4.45. The van der Waals surface area contributed by atoms with Crippen LogP contribution in [0.3, 0.4) is 0 Å². The summed E-state index contributed by atoms with van der Waals surface area (Å²) in [6.07, 6.45) is -3.40. The third-order valence-corrected chi connectivity index (χ3v) is 2.93. The van der Waals surface area contributed by atoms with Crippen molar-refractivity contribution in [1.29, 1.82) is 0 Å². The molecule has 0 aromatic heterocycles. The number of nitrogens with one attached hydrogen (secondary N) is 1. The number of alkyl halides is 3. The predicted molar refractivity (Wildman–Crippen MR) is 51.5 cm³/mol. The Morgan fingerprint density at radius 3 is 2.40 bits per heavy atom. The zero-order valence-electron chi connectivity index (χ0n) is 8.69. The van der Waals surface area contributed by atoms with E-state index in [1.54, 1.807) is 0 Å². The van der Waals surface area contributed by atoms with Crippen molar-refractivity contribution in [3.63, 3.8) is 0 Å². The summed E-state index contributed by atoms with van der Waals surface area (Å²) in [4.78, 5) is 0. The van der Waals surface area contributed by atoms with Crippen LogP contribution in [0.1, 0.15) is 32.1 Å². The van der Waals surface area contributed by atoms with Crippen LogP contribution in [0.25, 0.3) is 0 Å². The lowest BCUT2D eigenvalue weighted by molar-refractivity contribution is -0.205. The topological polar surface area (TPSA) is 32.3 Å². The summed E-state index contributed by atoms with van der Waals surface area (Å²) in [5, 5.41) is 12.0. The number of hydrogen-bond donors (Lipinski definition) is 2. The van der Waals surface area contributed by atoms with Gasteiger partial charge in [-0.2, -0.15) is 13.2 Å². The smallest absolute Gasteiger partial charge is 0.384 e. The van der Waals surface area contributed by atoms with Crippen molar-refractivity contribution in [1.82, 2.24) is 5.32 Å². The molecule has 2 N–H and O–H groups in total. The average Bonchev–Trinajstić information content (AvgIpc) is 2.18. The van der Waals surface area contributed by atoms with Crippen LogP contribution < -0.4 is 5.32 Å². The van der Waals surface area contributed by atoms with Crippen molar-refractivity contribution in [2.24, 2.45) is 5.92 Å². The molecular formula is C10H18F3NO. The Morgan fingerprint density at radius 1 is 1.27 bits per heavy atom. The van der Waals surface area contributed by atoms with E-state index in [1.165, 1.54) is 0 Å². The minimum Gasteiger partial charge on any atom is -0.384 e. The van der Waals surface area contributed by atoms with E-state index >= 15 is 0 Å². The number of rotatable bonds is 4. The molecule has 15 heavy (non-hydrogen) atoms. The summed E-state index contributed by atoms with van der Waals surface area (Å²) in [5.41, 5.74) is 0. The lowest BCUT2D eigenvalue weighted by Crippen LogP contribution is -2.29. The minimum absolute atomic E-state index is 0.159. The van der Waals surface area contributed by atoms with Gasteiger partial charge in [-0.25, -0.2) is 0 Å². The van der Waals surface area contributed by atoms with Gasteiger partial charge in [0.2, 0.25) is 0 Å². The molecule has 0 aromatic carbocycles. The van der Waals surface area contributed by atoms with E-state index in [1.807, 2.05) is 0 Å². The van der Waals surface area contributed by atoms with Gasteiger partial charge in [0.05, 0.1) is 0 Å². The zero-order chi connectivity index (χ0) is 11.3. The van der Waals surface area contributed by atoms with Gasteiger partial charge in [-0.3, -0.25) is 0 Å². The Hall–Kier alpha value is -0.290. The zero-order valence-corrected chi connectivity index (χ0v) is 8.69. The van der Waals surface area contributed by atoms with Crippen LogP contribution >= 0.6 is 0 Å². The molecule has 5 heteroatoms. The molecule has 0 radical (unpaired) electrons. The van der Waals surface area contributed by atoms with Gasteiger partial charge < -0.3 is 10.4 Å². The monoisotopic (exact) mass is 225 g/mol. The fourth-order valence-electron chi connectivity index (χ4n) is 1.93. The fraction of sp³-hybridized carbons (Fsp3) is 1.00. The molecule has 0 saturated carbocycles. The Bertz CT molecular complexity index is 178. The standard InChI is InChI=1S/C10H18F3NO/c11-10(12,13)9(15)3-1-2-8-4-6-14-7-5-8/h8-9,14-15H,1-7H2. The Morgan fingerprint density at radius 2 is 1.87 bits per heavy atom. The van der Waals surface area contributed by atoms with Gasteiger partial charge in [-0.15, -0.1) is 0 Å². The van der Waals surface area contributed by atoms with Crippen molar-refractivity contribution < 1.29 is 18.3 Å². The van der Waals surface area contributed by atoms with Crippen molar-refractivity contribution in [2.75, 3.05) is 13.1 Å². The maximum absolute atomic E-state index is 12.0. The van der Waals surface area contributed by atoms with E-state index in [-0.39, 0.29) is 6.42 Å². The van der Waals surface area contributed by atoms with Crippen LogP contribution in [0.15, 0.2) is 0 Å². The molecule has 1 fully saturated rings. The van der Waals surface area contributed by atoms with Gasteiger partial charge in [-0.05, 0) is 38.3 Å². The normalized spacial score (nSPS) is 21.6. The lowest BCUT2D eigenvalue weighted by atomic mass is 9.92.